The van der Waals surface area contributed by atoms with Gasteiger partial charge in [-0.3, -0.25) is 13.9 Å². The van der Waals surface area contributed by atoms with Gasteiger partial charge < -0.3 is 10.2 Å². The van der Waals surface area contributed by atoms with Gasteiger partial charge in [-0.05, 0) is 67.9 Å². The molecule has 3 rings (SSSR count). The lowest BCUT2D eigenvalue weighted by Gasteiger charge is -2.32. The summed E-state index contributed by atoms with van der Waals surface area (Å²) in [7, 11) is -4.22. The van der Waals surface area contributed by atoms with Crippen LogP contribution in [0.5, 0.6) is 0 Å². The molecule has 0 radical (unpaired) electrons. The van der Waals surface area contributed by atoms with E-state index in [1.54, 1.807) is 25.1 Å². The second kappa shape index (κ2) is 11.8. The average Bonchev–Trinajstić information content (AvgIpc) is 2.87. The van der Waals surface area contributed by atoms with E-state index in [-0.39, 0.29) is 17.1 Å². The van der Waals surface area contributed by atoms with Gasteiger partial charge in [0.05, 0.1) is 10.6 Å². The first-order valence-electron chi connectivity index (χ1n) is 11.3. The molecular weight excluding hydrogens is 488 g/mol. The zero-order valence-corrected chi connectivity index (χ0v) is 20.7. The first kappa shape index (κ1) is 26.8. The molecule has 0 saturated heterocycles. The van der Waals surface area contributed by atoms with E-state index in [9.17, 15) is 26.8 Å². The quantitative estimate of drug-likeness (QED) is 0.446. The van der Waals surface area contributed by atoms with Crippen molar-refractivity contribution >= 4 is 27.5 Å². The predicted molar refractivity (Wildman–Crippen MR) is 132 cm³/mol. The zero-order valence-electron chi connectivity index (χ0n) is 19.9. The fourth-order valence-electron chi connectivity index (χ4n) is 3.55. The number of sulfonamides is 1. The number of nitrogens with zero attached hydrogens (tertiary/aromatic N) is 2. The molecule has 190 valence electrons. The van der Waals surface area contributed by atoms with Crippen LogP contribution in [0.1, 0.15) is 19.4 Å². The minimum Gasteiger partial charge on any atom is -0.355 e. The van der Waals surface area contributed by atoms with E-state index in [1.165, 1.54) is 60.4 Å². The zero-order chi connectivity index (χ0) is 26.3. The van der Waals surface area contributed by atoms with Crippen molar-refractivity contribution in [2.75, 3.05) is 17.4 Å². The average molecular weight is 516 g/mol. The highest BCUT2D eigenvalue weighted by atomic mass is 32.2. The van der Waals surface area contributed by atoms with Gasteiger partial charge in [0, 0.05) is 13.1 Å². The van der Waals surface area contributed by atoms with Gasteiger partial charge in [0.15, 0.2) is 0 Å². The third kappa shape index (κ3) is 6.45. The maximum absolute atomic E-state index is 13.6. The fraction of sp³-hybridized carbons (Fsp3) is 0.231. The number of carbonyl (C=O) groups is 2. The molecule has 0 saturated carbocycles. The molecule has 0 heterocycles. The molecule has 0 spiro atoms. The van der Waals surface area contributed by atoms with Gasteiger partial charge in [-0.25, -0.2) is 17.2 Å². The minimum atomic E-state index is -4.22. The monoisotopic (exact) mass is 515 g/mol. The fourth-order valence-corrected chi connectivity index (χ4v) is 4.98. The topological polar surface area (TPSA) is 86.8 Å². The Morgan fingerprint density at radius 2 is 1.44 bits per heavy atom. The summed E-state index contributed by atoms with van der Waals surface area (Å²) in [5.74, 6) is -2.11. The minimum absolute atomic E-state index is 0.0519. The number of benzene rings is 3. The highest BCUT2D eigenvalue weighted by molar-refractivity contribution is 7.92. The second-order valence-corrected chi connectivity index (χ2v) is 9.88. The molecule has 0 aliphatic carbocycles. The van der Waals surface area contributed by atoms with Crippen molar-refractivity contribution in [2.24, 2.45) is 0 Å². The number of rotatable bonds is 10. The van der Waals surface area contributed by atoms with E-state index < -0.39 is 46.1 Å². The van der Waals surface area contributed by atoms with Crippen LogP contribution >= 0.6 is 0 Å². The summed E-state index contributed by atoms with van der Waals surface area (Å²) < 4.78 is 54.9. The van der Waals surface area contributed by atoms with Crippen LogP contribution < -0.4 is 9.62 Å². The van der Waals surface area contributed by atoms with E-state index in [0.717, 1.165) is 16.4 Å². The number of carbonyl (C=O) groups excluding carboxylic acids is 2. The van der Waals surface area contributed by atoms with E-state index in [2.05, 4.69) is 5.32 Å². The van der Waals surface area contributed by atoms with Gasteiger partial charge in [0.25, 0.3) is 10.0 Å². The normalized spacial score (nSPS) is 12.0. The van der Waals surface area contributed by atoms with Crippen LogP contribution in [0.3, 0.4) is 0 Å². The molecule has 0 bridgehead atoms. The summed E-state index contributed by atoms with van der Waals surface area (Å²) in [5, 5.41) is 2.66. The lowest BCUT2D eigenvalue weighted by atomic mass is 10.1. The number of hydrogen-bond donors (Lipinski definition) is 1. The van der Waals surface area contributed by atoms with Gasteiger partial charge >= 0.3 is 0 Å². The van der Waals surface area contributed by atoms with Crippen molar-refractivity contribution in [2.45, 2.75) is 31.3 Å². The van der Waals surface area contributed by atoms with Crippen molar-refractivity contribution < 1.29 is 26.8 Å². The smallest absolute Gasteiger partial charge is 0.264 e. The van der Waals surface area contributed by atoms with Crippen molar-refractivity contribution in [1.29, 1.82) is 0 Å². The molecule has 10 heteroatoms. The first-order valence-corrected chi connectivity index (χ1v) is 12.7. The van der Waals surface area contributed by atoms with E-state index in [4.69, 9.17) is 0 Å². The van der Waals surface area contributed by atoms with Crippen LogP contribution in [-0.2, 0) is 26.2 Å². The Morgan fingerprint density at radius 3 is 2.00 bits per heavy atom. The number of hydrogen-bond acceptors (Lipinski definition) is 4. The van der Waals surface area contributed by atoms with Crippen LogP contribution in [0.25, 0.3) is 0 Å². The largest absolute Gasteiger partial charge is 0.355 e. The molecule has 7 nitrogen and oxygen atoms in total. The molecule has 0 aliphatic heterocycles. The third-order valence-corrected chi connectivity index (χ3v) is 7.30. The summed E-state index contributed by atoms with van der Waals surface area (Å²) in [6, 6.07) is 16.8. The molecular formula is C26H27F2N3O4S. The van der Waals surface area contributed by atoms with Gasteiger partial charge in [-0.2, -0.15) is 0 Å². The maximum atomic E-state index is 13.6. The Hall–Kier alpha value is -3.79. The summed E-state index contributed by atoms with van der Waals surface area (Å²) >= 11 is 0. The number of amides is 2. The van der Waals surface area contributed by atoms with Crippen LogP contribution in [-0.4, -0.2) is 44.3 Å². The van der Waals surface area contributed by atoms with Crippen LogP contribution in [0, 0.1) is 11.6 Å². The van der Waals surface area contributed by atoms with Crippen molar-refractivity contribution in [3.8, 4) is 0 Å². The summed E-state index contributed by atoms with van der Waals surface area (Å²) in [6.07, 6.45) is 0. The van der Waals surface area contributed by atoms with Gasteiger partial charge in [-0.15, -0.1) is 0 Å². The molecule has 0 fully saturated rings. The Bertz CT molecular complexity index is 1290. The molecule has 2 amide bonds. The van der Waals surface area contributed by atoms with Crippen LogP contribution in [0.15, 0.2) is 83.8 Å². The molecule has 0 aromatic heterocycles. The standard InChI is InChI=1S/C26H27F2N3O4S/c1-3-29-26(33)19(2)30(17-20-9-11-21(27)12-10-20)25(32)18-31(23-15-13-22(28)14-16-23)36(34,35)24-7-5-4-6-8-24/h4-16,19H,3,17-18H2,1-2H3,(H,29,33)/t19-/m0/s1. The number of halogens is 2. The molecule has 3 aromatic rings. The SMILES string of the molecule is CCNC(=O)[C@H](C)N(Cc1ccc(F)cc1)C(=O)CN(c1ccc(F)cc1)S(=O)(=O)c1ccccc1. The summed E-state index contributed by atoms with van der Waals surface area (Å²) in [5.41, 5.74) is 0.640. The van der Waals surface area contributed by atoms with E-state index in [0.29, 0.717) is 12.1 Å². The number of likely N-dealkylation sites (N-methyl/N-ethyl adjacent to an activating group) is 1. The van der Waals surface area contributed by atoms with Crippen LogP contribution in [0.2, 0.25) is 0 Å². The lowest BCUT2D eigenvalue weighted by Crippen LogP contribution is -2.51. The van der Waals surface area contributed by atoms with Crippen LogP contribution in [0.4, 0.5) is 14.5 Å². The lowest BCUT2D eigenvalue weighted by molar-refractivity contribution is -0.139. The van der Waals surface area contributed by atoms with Gasteiger partial charge in [-0.1, -0.05) is 30.3 Å². The molecule has 1 atom stereocenters. The number of nitrogens with one attached hydrogen (secondary N) is 1. The predicted octanol–water partition coefficient (Wildman–Crippen LogP) is 3.71. The first-order chi connectivity index (χ1) is 17.1. The Balaban J connectivity index is 2.00. The Morgan fingerprint density at radius 1 is 0.889 bits per heavy atom. The van der Waals surface area contributed by atoms with Crippen molar-refractivity contribution in [3.63, 3.8) is 0 Å². The molecule has 1 N–H and O–H groups in total. The summed E-state index contributed by atoms with van der Waals surface area (Å²) in [6.45, 7) is 2.90. The van der Waals surface area contributed by atoms with E-state index in [1.807, 2.05) is 0 Å². The van der Waals surface area contributed by atoms with Gasteiger partial charge in [0.2, 0.25) is 11.8 Å². The van der Waals surface area contributed by atoms with Gasteiger partial charge in [0.1, 0.15) is 24.2 Å². The third-order valence-electron chi connectivity index (χ3n) is 5.51. The number of anilines is 1. The second-order valence-electron chi connectivity index (χ2n) is 8.02. The Kier molecular flexibility index (Phi) is 8.76. The summed E-state index contributed by atoms with van der Waals surface area (Å²) in [4.78, 5) is 27.4. The highest BCUT2D eigenvalue weighted by Gasteiger charge is 2.32. The molecule has 0 unspecified atom stereocenters. The maximum Gasteiger partial charge on any atom is 0.264 e. The highest BCUT2D eigenvalue weighted by Crippen LogP contribution is 2.25. The van der Waals surface area contributed by atoms with Crippen molar-refractivity contribution in [3.05, 3.63) is 96.1 Å². The Labute approximate surface area is 209 Å². The van der Waals surface area contributed by atoms with E-state index >= 15 is 0 Å². The molecule has 3 aromatic carbocycles. The molecule has 36 heavy (non-hydrogen) atoms. The molecule has 0 aliphatic rings. The van der Waals surface area contributed by atoms with Crippen molar-refractivity contribution in [1.82, 2.24) is 10.2 Å².